The first-order valence-corrected chi connectivity index (χ1v) is 7.19. The molecule has 0 amide bonds. The van der Waals surface area contributed by atoms with E-state index in [1.807, 2.05) is 0 Å². The maximum atomic E-state index is 13.6. The average Bonchev–Trinajstić information content (AvgIpc) is 2.37. The molecule has 1 aromatic carbocycles. The molecule has 0 heterocycles. The minimum absolute atomic E-state index is 0.0894. The highest BCUT2D eigenvalue weighted by atomic mass is 32.2. The molecule has 114 valence electrons. The van der Waals surface area contributed by atoms with Gasteiger partial charge in [-0.1, -0.05) is 6.07 Å². The van der Waals surface area contributed by atoms with Crippen molar-refractivity contribution < 1.29 is 26.3 Å². The Balaban J connectivity index is 2.60. The Bertz CT molecular complexity index is 538. The van der Waals surface area contributed by atoms with Gasteiger partial charge in [0.1, 0.15) is 17.3 Å². The summed E-state index contributed by atoms with van der Waals surface area (Å²) in [6.45, 7) is -1.15. The molecule has 3 N–H and O–H groups in total. The summed E-state index contributed by atoms with van der Waals surface area (Å²) in [4.78, 5) is -0.524. The van der Waals surface area contributed by atoms with Crippen molar-refractivity contribution in [1.82, 2.24) is 4.72 Å². The van der Waals surface area contributed by atoms with Gasteiger partial charge in [0.15, 0.2) is 0 Å². The maximum absolute atomic E-state index is 13.6. The molecular weight excluding hydrogens is 297 g/mol. The lowest BCUT2D eigenvalue weighted by Gasteiger charge is -2.09. The number of rotatable bonds is 8. The summed E-state index contributed by atoms with van der Waals surface area (Å²) in [5.74, 6) is -0.922. The lowest BCUT2D eigenvalue weighted by molar-refractivity contribution is 0.0199. The molecule has 0 aliphatic rings. The first kappa shape index (κ1) is 16.9. The zero-order chi connectivity index (χ0) is 15.2. The summed E-state index contributed by atoms with van der Waals surface area (Å²) in [5.41, 5.74) is 5.77. The maximum Gasteiger partial charge on any atom is 0.261 e. The molecule has 0 saturated carbocycles. The van der Waals surface area contributed by atoms with Crippen LogP contribution in [-0.2, 0) is 21.3 Å². The van der Waals surface area contributed by atoms with Gasteiger partial charge in [0.05, 0.1) is 6.61 Å². The number of benzene rings is 1. The van der Waals surface area contributed by atoms with E-state index in [1.165, 1.54) is 6.07 Å². The summed E-state index contributed by atoms with van der Waals surface area (Å²) in [6.07, 6.45) is -2.62. The summed E-state index contributed by atoms with van der Waals surface area (Å²) >= 11 is 0. The van der Waals surface area contributed by atoms with E-state index in [1.54, 1.807) is 0 Å². The number of ether oxygens (including phenoxy) is 1. The van der Waals surface area contributed by atoms with Crippen LogP contribution >= 0.6 is 0 Å². The van der Waals surface area contributed by atoms with Gasteiger partial charge < -0.3 is 10.5 Å². The fraction of sp³-hybridized carbons (Fsp3) is 0.455. The average molecular weight is 312 g/mol. The quantitative estimate of drug-likeness (QED) is 0.697. The monoisotopic (exact) mass is 312 g/mol. The number of halogens is 3. The molecule has 5 nitrogen and oxygen atoms in total. The van der Waals surface area contributed by atoms with E-state index >= 15 is 0 Å². The number of nitrogens with two attached hydrogens (primary N) is 1. The second kappa shape index (κ2) is 7.58. The third-order valence-electron chi connectivity index (χ3n) is 2.30. The number of hydrogen-bond donors (Lipinski definition) is 2. The fourth-order valence-electron chi connectivity index (χ4n) is 1.39. The summed E-state index contributed by atoms with van der Waals surface area (Å²) < 4.78 is 67.2. The predicted molar refractivity (Wildman–Crippen MR) is 66.3 cm³/mol. The normalized spacial score (nSPS) is 12.1. The molecule has 9 heteroatoms. The highest BCUT2D eigenvalue weighted by Crippen LogP contribution is 2.15. The Kier molecular flexibility index (Phi) is 6.40. The van der Waals surface area contributed by atoms with E-state index in [4.69, 9.17) is 5.73 Å². The van der Waals surface area contributed by atoms with E-state index < -0.39 is 33.8 Å². The van der Waals surface area contributed by atoms with Gasteiger partial charge in [0.2, 0.25) is 10.0 Å². The van der Waals surface area contributed by atoms with Crippen molar-refractivity contribution in [1.29, 1.82) is 0 Å². The van der Waals surface area contributed by atoms with Crippen molar-refractivity contribution in [2.75, 3.05) is 19.8 Å². The summed E-state index contributed by atoms with van der Waals surface area (Å²) in [7, 11) is -4.05. The molecular formula is C11H15F3N2O3S. The van der Waals surface area contributed by atoms with E-state index in [-0.39, 0.29) is 19.7 Å². The van der Waals surface area contributed by atoms with Crippen molar-refractivity contribution in [2.45, 2.75) is 17.9 Å². The fourth-order valence-corrected chi connectivity index (χ4v) is 2.46. The van der Waals surface area contributed by atoms with Gasteiger partial charge in [-0.05, 0) is 17.7 Å². The molecule has 1 aromatic rings. The largest absolute Gasteiger partial charge is 0.374 e. The van der Waals surface area contributed by atoms with Gasteiger partial charge >= 0.3 is 0 Å². The summed E-state index contributed by atoms with van der Waals surface area (Å²) in [5, 5.41) is 0. The standard InChI is InChI=1S/C11H15F3N2O3S/c12-9-5-8(6-15)1-2-10(9)20(17,18)16-3-4-19-7-11(13)14/h1-2,5,11,16H,3-4,6-7,15H2. The predicted octanol–water partition coefficient (Wildman–Crippen LogP) is 0.844. The SMILES string of the molecule is NCc1ccc(S(=O)(=O)NCCOCC(F)F)c(F)c1. The third kappa shape index (κ3) is 5.08. The van der Waals surface area contributed by atoms with Gasteiger partial charge in [0, 0.05) is 13.1 Å². The molecule has 0 aliphatic heterocycles. The highest BCUT2D eigenvalue weighted by Gasteiger charge is 2.18. The van der Waals surface area contributed by atoms with Crippen molar-refractivity contribution in [3.8, 4) is 0 Å². The van der Waals surface area contributed by atoms with Crippen LogP contribution in [0.1, 0.15) is 5.56 Å². The zero-order valence-electron chi connectivity index (χ0n) is 10.5. The van der Waals surface area contributed by atoms with Crippen LogP contribution in [0.15, 0.2) is 23.1 Å². The van der Waals surface area contributed by atoms with E-state index in [0.717, 1.165) is 12.1 Å². The molecule has 0 bridgehead atoms. The van der Waals surface area contributed by atoms with Gasteiger partial charge in [-0.25, -0.2) is 26.3 Å². The molecule has 1 rings (SSSR count). The van der Waals surface area contributed by atoms with Gasteiger partial charge in [-0.15, -0.1) is 0 Å². The molecule has 0 fully saturated rings. The van der Waals surface area contributed by atoms with Crippen LogP contribution in [0.4, 0.5) is 13.2 Å². The smallest absolute Gasteiger partial charge is 0.261 e. The number of alkyl halides is 2. The molecule has 0 unspecified atom stereocenters. The third-order valence-corrected chi connectivity index (χ3v) is 3.80. The number of nitrogens with one attached hydrogen (secondary N) is 1. The minimum atomic E-state index is -4.05. The van der Waals surface area contributed by atoms with Crippen molar-refractivity contribution in [3.05, 3.63) is 29.6 Å². The zero-order valence-corrected chi connectivity index (χ0v) is 11.3. The highest BCUT2D eigenvalue weighted by molar-refractivity contribution is 7.89. The van der Waals surface area contributed by atoms with Crippen LogP contribution in [0.3, 0.4) is 0 Å². The molecule has 0 aromatic heterocycles. The van der Waals surface area contributed by atoms with Gasteiger partial charge in [0.25, 0.3) is 6.43 Å². The molecule has 0 aliphatic carbocycles. The first-order chi connectivity index (χ1) is 9.36. The molecule has 0 radical (unpaired) electrons. The molecule has 20 heavy (non-hydrogen) atoms. The molecule has 0 atom stereocenters. The Hall–Kier alpha value is -1.16. The van der Waals surface area contributed by atoms with Gasteiger partial charge in [-0.3, -0.25) is 0 Å². The van der Waals surface area contributed by atoms with E-state index in [9.17, 15) is 21.6 Å². The lowest BCUT2D eigenvalue weighted by atomic mass is 10.2. The van der Waals surface area contributed by atoms with Crippen LogP contribution in [0, 0.1) is 5.82 Å². The van der Waals surface area contributed by atoms with E-state index in [2.05, 4.69) is 9.46 Å². The Morgan fingerprint density at radius 2 is 2.05 bits per heavy atom. The van der Waals surface area contributed by atoms with Crippen LogP contribution in [0.2, 0.25) is 0 Å². The van der Waals surface area contributed by atoms with Gasteiger partial charge in [-0.2, -0.15) is 0 Å². The number of sulfonamides is 1. The number of hydrogen-bond acceptors (Lipinski definition) is 4. The minimum Gasteiger partial charge on any atom is -0.374 e. The van der Waals surface area contributed by atoms with E-state index in [0.29, 0.717) is 5.56 Å². The second-order valence-corrected chi connectivity index (χ2v) is 5.57. The summed E-state index contributed by atoms with van der Waals surface area (Å²) in [6, 6.07) is 3.52. The van der Waals surface area contributed by atoms with Crippen molar-refractivity contribution in [2.24, 2.45) is 5.73 Å². The van der Waals surface area contributed by atoms with Crippen LogP contribution in [0.25, 0.3) is 0 Å². The van der Waals surface area contributed by atoms with Crippen LogP contribution < -0.4 is 10.5 Å². The Morgan fingerprint density at radius 1 is 1.35 bits per heavy atom. The van der Waals surface area contributed by atoms with Crippen LogP contribution in [0.5, 0.6) is 0 Å². The molecule has 0 saturated heterocycles. The topological polar surface area (TPSA) is 81.4 Å². The Labute approximate surface area is 115 Å². The van der Waals surface area contributed by atoms with Crippen LogP contribution in [-0.4, -0.2) is 34.6 Å². The Morgan fingerprint density at radius 3 is 2.60 bits per heavy atom. The second-order valence-electron chi connectivity index (χ2n) is 3.83. The van der Waals surface area contributed by atoms with Crippen molar-refractivity contribution >= 4 is 10.0 Å². The first-order valence-electron chi connectivity index (χ1n) is 5.71. The lowest BCUT2D eigenvalue weighted by Crippen LogP contribution is -2.28. The van der Waals surface area contributed by atoms with Crippen molar-refractivity contribution in [3.63, 3.8) is 0 Å². The molecule has 0 spiro atoms.